The van der Waals surface area contributed by atoms with E-state index in [2.05, 4.69) is 20.6 Å². The number of nitrogens with one attached hydrogen (secondary N) is 2. The van der Waals surface area contributed by atoms with E-state index in [9.17, 15) is 4.79 Å². The van der Waals surface area contributed by atoms with Gasteiger partial charge >= 0.3 is 0 Å². The molecule has 0 unspecified atom stereocenters. The van der Waals surface area contributed by atoms with Gasteiger partial charge in [-0.15, -0.1) is 0 Å². The Morgan fingerprint density at radius 1 is 1.06 bits per heavy atom. The largest absolute Gasteiger partial charge is 0.493 e. The SMILES string of the molecule is COc1ccc(CCNc2nccc(-c3cccc(NC(=O)CCN)c3)n2)cc1OC. The Morgan fingerprint density at radius 3 is 2.68 bits per heavy atom. The van der Waals surface area contributed by atoms with Crippen molar-refractivity contribution in [3.05, 3.63) is 60.3 Å². The second kappa shape index (κ2) is 10.9. The molecule has 0 fully saturated rings. The van der Waals surface area contributed by atoms with E-state index in [4.69, 9.17) is 15.2 Å². The molecule has 0 aliphatic carbocycles. The third-order valence-corrected chi connectivity index (χ3v) is 4.61. The Balaban J connectivity index is 1.64. The Labute approximate surface area is 181 Å². The molecule has 3 rings (SSSR count). The molecular formula is C23H27N5O3. The van der Waals surface area contributed by atoms with Gasteiger partial charge in [0.2, 0.25) is 11.9 Å². The van der Waals surface area contributed by atoms with Crippen LogP contribution in [0, 0.1) is 0 Å². The van der Waals surface area contributed by atoms with Crippen molar-refractivity contribution in [1.82, 2.24) is 9.97 Å². The van der Waals surface area contributed by atoms with Crippen LogP contribution in [0.5, 0.6) is 11.5 Å². The number of carbonyl (C=O) groups is 1. The highest BCUT2D eigenvalue weighted by molar-refractivity contribution is 5.91. The second-order valence-corrected chi connectivity index (χ2v) is 6.80. The molecule has 31 heavy (non-hydrogen) atoms. The van der Waals surface area contributed by atoms with Crippen molar-refractivity contribution in [2.45, 2.75) is 12.8 Å². The maximum atomic E-state index is 11.8. The summed E-state index contributed by atoms with van der Waals surface area (Å²) >= 11 is 0. The van der Waals surface area contributed by atoms with Gasteiger partial charge in [-0.05, 0) is 42.3 Å². The highest BCUT2D eigenvalue weighted by Crippen LogP contribution is 2.27. The summed E-state index contributed by atoms with van der Waals surface area (Å²) in [5.41, 5.74) is 8.90. The number of methoxy groups -OCH3 is 2. The predicted molar refractivity (Wildman–Crippen MR) is 122 cm³/mol. The van der Waals surface area contributed by atoms with Crippen molar-refractivity contribution < 1.29 is 14.3 Å². The van der Waals surface area contributed by atoms with Crippen LogP contribution >= 0.6 is 0 Å². The Kier molecular flexibility index (Phi) is 7.78. The molecular weight excluding hydrogens is 394 g/mol. The number of rotatable bonds is 10. The summed E-state index contributed by atoms with van der Waals surface area (Å²) in [6.45, 7) is 0.976. The van der Waals surface area contributed by atoms with Crippen molar-refractivity contribution in [1.29, 1.82) is 0 Å². The van der Waals surface area contributed by atoms with Crippen molar-refractivity contribution in [3.63, 3.8) is 0 Å². The number of nitrogens with zero attached hydrogens (tertiary/aromatic N) is 2. The minimum Gasteiger partial charge on any atom is -0.493 e. The van der Waals surface area contributed by atoms with Gasteiger partial charge in [0.05, 0.1) is 19.9 Å². The van der Waals surface area contributed by atoms with Gasteiger partial charge in [0.1, 0.15) is 0 Å². The van der Waals surface area contributed by atoms with E-state index in [-0.39, 0.29) is 12.3 Å². The van der Waals surface area contributed by atoms with Crippen molar-refractivity contribution in [2.24, 2.45) is 5.73 Å². The van der Waals surface area contributed by atoms with Crippen LogP contribution in [0.3, 0.4) is 0 Å². The lowest BCUT2D eigenvalue weighted by molar-refractivity contribution is -0.116. The van der Waals surface area contributed by atoms with Crippen LogP contribution < -0.4 is 25.8 Å². The zero-order chi connectivity index (χ0) is 22.1. The molecule has 1 amide bonds. The highest BCUT2D eigenvalue weighted by atomic mass is 16.5. The molecule has 0 aliphatic heterocycles. The smallest absolute Gasteiger partial charge is 0.225 e. The van der Waals surface area contributed by atoms with Crippen LogP contribution in [0.15, 0.2) is 54.7 Å². The topological polar surface area (TPSA) is 111 Å². The van der Waals surface area contributed by atoms with E-state index in [1.165, 1.54) is 0 Å². The highest BCUT2D eigenvalue weighted by Gasteiger charge is 2.07. The van der Waals surface area contributed by atoms with E-state index in [0.29, 0.717) is 36.2 Å². The van der Waals surface area contributed by atoms with Gasteiger partial charge in [0.15, 0.2) is 11.5 Å². The van der Waals surface area contributed by atoms with Crippen LogP contribution in [0.25, 0.3) is 11.3 Å². The van der Waals surface area contributed by atoms with Gasteiger partial charge in [-0.3, -0.25) is 4.79 Å². The molecule has 2 aromatic carbocycles. The number of anilines is 2. The average Bonchev–Trinajstić information content (AvgIpc) is 2.79. The third-order valence-electron chi connectivity index (χ3n) is 4.61. The van der Waals surface area contributed by atoms with Crippen LogP contribution in [0.4, 0.5) is 11.6 Å². The van der Waals surface area contributed by atoms with Crippen LogP contribution in [-0.2, 0) is 11.2 Å². The number of hydrogen-bond donors (Lipinski definition) is 3. The molecule has 0 aliphatic rings. The number of nitrogens with two attached hydrogens (primary N) is 1. The zero-order valence-electron chi connectivity index (χ0n) is 17.7. The summed E-state index contributed by atoms with van der Waals surface area (Å²) in [7, 11) is 3.24. The average molecular weight is 422 g/mol. The van der Waals surface area contributed by atoms with Gasteiger partial charge in [0, 0.05) is 37.0 Å². The Bertz CT molecular complexity index is 1030. The third kappa shape index (κ3) is 6.16. The van der Waals surface area contributed by atoms with Crippen molar-refractivity contribution in [3.8, 4) is 22.8 Å². The summed E-state index contributed by atoms with van der Waals surface area (Å²) in [5.74, 6) is 1.84. The van der Waals surface area contributed by atoms with E-state index >= 15 is 0 Å². The molecule has 0 spiro atoms. The molecule has 162 valence electrons. The molecule has 0 saturated carbocycles. The molecule has 8 heteroatoms. The molecule has 4 N–H and O–H groups in total. The van der Waals surface area contributed by atoms with Crippen LogP contribution in [0.2, 0.25) is 0 Å². The standard InChI is InChI=1S/C23H27N5O3/c1-30-20-7-6-16(14-21(20)31-2)9-12-25-23-26-13-10-19(28-23)17-4-3-5-18(15-17)27-22(29)8-11-24/h3-7,10,13-15H,8-9,11-12,24H2,1-2H3,(H,27,29)(H,25,26,28). The predicted octanol–water partition coefficient (Wildman–Crippen LogP) is 3.10. The first-order valence-electron chi connectivity index (χ1n) is 10.0. The summed E-state index contributed by atoms with van der Waals surface area (Å²) in [6, 6.07) is 15.2. The van der Waals surface area contributed by atoms with Gasteiger partial charge in [-0.25, -0.2) is 9.97 Å². The van der Waals surface area contributed by atoms with E-state index in [1.807, 2.05) is 48.5 Å². The van der Waals surface area contributed by atoms with E-state index < -0.39 is 0 Å². The lowest BCUT2D eigenvalue weighted by Gasteiger charge is -2.11. The van der Waals surface area contributed by atoms with Gasteiger partial charge in [-0.2, -0.15) is 0 Å². The first-order valence-corrected chi connectivity index (χ1v) is 10.0. The molecule has 0 saturated heterocycles. The molecule has 1 aromatic heterocycles. The Morgan fingerprint density at radius 2 is 1.90 bits per heavy atom. The lowest BCUT2D eigenvalue weighted by Crippen LogP contribution is -2.16. The molecule has 0 bridgehead atoms. The van der Waals surface area contributed by atoms with Crippen LogP contribution in [-0.4, -0.2) is 43.2 Å². The zero-order valence-corrected chi connectivity index (χ0v) is 17.7. The van der Waals surface area contributed by atoms with E-state index in [1.54, 1.807) is 20.4 Å². The fourth-order valence-corrected chi connectivity index (χ4v) is 3.07. The van der Waals surface area contributed by atoms with E-state index in [0.717, 1.165) is 23.2 Å². The minimum atomic E-state index is -0.111. The lowest BCUT2D eigenvalue weighted by atomic mass is 10.1. The molecule has 3 aromatic rings. The number of benzene rings is 2. The number of ether oxygens (including phenoxy) is 2. The first-order chi connectivity index (χ1) is 15.1. The van der Waals surface area contributed by atoms with Gasteiger partial charge in [-0.1, -0.05) is 18.2 Å². The maximum absolute atomic E-state index is 11.8. The Hall–Kier alpha value is -3.65. The normalized spacial score (nSPS) is 10.4. The summed E-state index contributed by atoms with van der Waals surface area (Å²) in [6.07, 6.45) is 2.77. The molecule has 1 heterocycles. The van der Waals surface area contributed by atoms with Crippen molar-refractivity contribution in [2.75, 3.05) is 37.9 Å². The first kappa shape index (κ1) is 22.0. The fourth-order valence-electron chi connectivity index (χ4n) is 3.07. The summed E-state index contributed by atoms with van der Waals surface area (Å²) < 4.78 is 10.6. The molecule has 0 radical (unpaired) electrons. The van der Waals surface area contributed by atoms with Gasteiger partial charge < -0.3 is 25.8 Å². The minimum absolute atomic E-state index is 0.111. The van der Waals surface area contributed by atoms with Crippen molar-refractivity contribution >= 4 is 17.5 Å². The molecule has 0 atom stereocenters. The molecule has 8 nitrogen and oxygen atoms in total. The second-order valence-electron chi connectivity index (χ2n) is 6.80. The maximum Gasteiger partial charge on any atom is 0.225 e. The van der Waals surface area contributed by atoms with Crippen LogP contribution in [0.1, 0.15) is 12.0 Å². The summed E-state index contributed by atoms with van der Waals surface area (Å²) in [5, 5.41) is 6.10. The number of aromatic nitrogens is 2. The fraction of sp³-hybridized carbons (Fsp3) is 0.261. The van der Waals surface area contributed by atoms with Gasteiger partial charge in [0.25, 0.3) is 0 Å². The quantitative estimate of drug-likeness (QED) is 0.461. The number of carbonyl (C=O) groups excluding carboxylic acids is 1. The monoisotopic (exact) mass is 421 g/mol. The number of hydrogen-bond acceptors (Lipinski definition) is 7. The number of amides is 1. The summed E-state index contributed by atoms with van der Waals surface area (Å²) in [4.78, 5) is 20.7.